The van der Waals surface area contributed by atoms with Crippen LogP contribution in [0.25, 0.3) is 0 Å². The Labute approximate surface area is 405 Å². The number of hydrogen-bond acceptors (Lipinski definition) is 13. The smallest absolute Gasteiger partial charge is 0.408 e. The monoisotopic (exact) mass is 994 g/mol. The first-order valence-corrected chi connectivity index (χ1v) is 25.4. The van der Waals surface area contributed by atoms with Gasteiger partial charge in [0.1, 0.15) is 52.3 Å². The van der Waals surface area contributed by atoms with E-state index in [1.807, 2.05) is 13.8 Å². The number of sulfonamides is 2. The van der Waals surface area contributed by atoms with E-state index in [2.05, 4.69) is 20.3 Å². The van der Waals surface area contributed by atoms with Crippen LogP contribution in [-0.4, -0.2) is 105 Å². The van der Waals surface area contributed by atoms with Crippen LogP contribution >= 0.6 is 0 Å². The zero-order valence-corrected chi connectivity index (χ0v) is 41.7. The molecule has 0 heterocycles. The van der Waals surface area contributed by atoms with Crippen LogP contribution in [0.3, 0.4) is 0 Å². The fourth-order valence-electron chi connectivity index (χ4n) is 6.70. The van der Waals surface area contributed by atoms with Gasteiger partial charge in [-0.1, -0.05) is 113 Å². The number of nitrogens with one attached hydrogen (secondary N) is 3. The van der Waals surface area contributed by atoms with Crippen molar-refractivity contribution in [2.75, 3.05) is 19.6 Å². The molecule has 0 radical (unpaired) electrons. The summed E-state index contributed by atoms with van der Waals surface area (Å²) in [4.78, 5) is 38.6. The Bertz CT molecular complexity index is 2560. The fraction of sp³-hybridized carbons (Fsp3) is 0.429. The topological polar surface area (TPSA) is 265 Å². The van der Waals surface area contributed by atoms with Crippen LogP contribution in [0.5, 0.6) is 11.5 Å². The lowest BCUT2D eigenvalue weighted by molar-refractivity contribution is -0.124. The highest BCUT2D eigenvalue weighted by molar-refractivity contribution is 7.91. The van der Waals surface area contributed by atoms with Crippen LogP contribution in [0.15, 0.2) is 123 Å². The summed E-state index contributed by atoms with van der Waals surface area (Å²) in [6.07, 6.45) is -4.53. The molecule has 0 bridgehead atoms. The maximum atomic E-state index is 15.2. The van der Waals surface area contributed by atoms with Gasteiger partial charge in [-0.05, 0) is 80.8 Å². The van der Waals surface area contributed by atoms with E-state index in [0.717, 1.165) is 0 Å². The highest BCUT2D eigenvalue weighted by Gasteiger charge is 2.38. The van der Waals surface area contributed by atoms with Crippen molar-refractivity contribution in [1.29, 1.82) is 0 Å². The molecule has 4 rings (SSSR count). The maximum Gasteiger partial charge on any atom is 0.408 e. The molecule has 4 aromatic rings. The molecule has 4 aromatic carbocycles. The molecule has 0 saturated heterocycles. The molecule has 69 heavy (non-hydrogen) atoms. The molecule has 0 fully saturated rings. The first-order chi connectivity index (χ1) is 32.5. The minimum atomic E-state index is -5.12. The molecule has 0 aliphatic carbocycles. The van der Waals surface area contributed by atoms with Gasteiger partial charge in [-0.2, -0.15) is 8.42 Å². The number of rotatable bonds is 24. The van der Waals surface area contributed by atoms with Crippen LogP contribution in [0, 0.1) is 11.8 Å². The summed E-state index contributed by atoms with van der Waals surface area (Å²) in [6.45, 7) is 9.68. The van der Waals surface area contributed by atoms with Gasteiger partial charge in [0, 0.05) is 6.54 Å². The molecule has 0 aliphatic rings. The lowest BCUT2D eigenvalue weighted by atomic mass is 10.0. The summed E-state index contributed by atoms with van der Waals surface area (Å²) < 4.78 is 81.4. The number of hydrogen-bond donors (Lipinski definition) is 6. The van der Waals surface area contributed by atoms with Gasteiger partial charge in [0.05, 0.1) is 25.2 Å². The van der Waals surface area contributed by atoms with E-state index >= 15 is 8.42 Å². The molecule has 4 atom stereocenters. The van der Waals surface area contributed by atoms with Gasteiger partial charge in [0.25, 0.3) is 20.0 Å². The van der Waals surface area contributed by atoms with Crippen molar-refractivity contribution < 1.29 is 55.6 Å². The number of alkyl carbamates (subject to hydrolysis) is 1. The number of benzene rings is 4. The molecule has 20 heteroatoms. The lowest BCUT2D eigenvalue weighted by Gasteiger charge is -2.31. The Balaban J connectivity index is 1.87. The van der Waals surface area contributed by atoms with E-state index in [0.29, 0.717) is 21.9 Å². The van der Waals surface area contributed by atoms with Gasteiger partial charge >= 0.3 is 6.09 Å². The van der Waals surface area contributed by atoms with E-state index in [1.165, 1.54) is 48.5 Å². The van der Waals surface area contributed by atoms with Gasteiger partial charge in [-0.15, -0.1) is 4.40 Å². The third kappa shape index (κ3) is 17.8. The van der Waals surface area contributed by atoms with Gasteiger partial charge in [-0.3, -0.25) is 9.59 Å². The van der Waals surface area contributed by atoms with E-state index in [1.54, 1.807) is 95.3 Å². The van der Waals surface area contributed by atoms with Gasteiger partial charge in [0.15, 0.2) is 5.84 Å². The molecule has 0 aromatic heterocycles. The number of aliphatic hydroxyl groups is 2. The van der Waals surface area contributed by atoms with Crippen molar-refractivity contribution in [2.24, 2.45) is 22.0 Å². The predicted molar refractivity (Wildman–Crippen MR) is 261 cm³/mol. The largest absolute Gasteiger partial charge is 0.487 e. The van der Waals surface area contributed by atoms with Crippen LogP contribution in [-0.2, 0) is 47.6 Å². The molecular weight excluding hydrogens is 929 g/mol. The van der Waals surface area contributed by atoms with Crippen LogP contribution in [0.4, 0.5) is 4.79 Å². The molecule has 376 valence electrons. The summed E-state index contributed by atoms with van der Waals surface area (Å²) in [5.41, 5.74) is 6.55. The predicted octanol–water partition coefficient (Wildman–Crippen LogP) is 4.89. The molecule has 2 unspecified atom stereocenters. The first-order valence-electron chi connectivity index (χ1n) is 22.5. The van der Waals surface area contributed by atoms with E-state index < -0.39 is 103 Å². The quantitative estimate of drug-likeness (QED) is 0.0404. The number of amides is 3. The van der Waals surface area contributed by atoms with Crippen molar-refractivity contribution in [3.8, 4) is 11.5 Å². The fourth-order valence-corrected chi connectivity index (χ4v) is 9.59. The van der Waals surface area contributed by atoms with Gasteiger partial charge in [-0.25, -0.2) is 17.5 Å². The first kappa shape index (κ1) is 55.5. The molecular formula is C49H66N6O12S2. The van der Waals surface area contributed by atoms with Crippen molar-refractivity contribution in [1.82, 2.24) is 20.3 Å². The SMILES string of the molecule is CC(C)C[C@H](NC(=O)OC(C)(C)C)C(=O)NCC(O)C(=NS(=O)(=O)c1ccccc1OCc1ccccc1)N(CC(O)CNC(=O)[C@@H](N)CC(C)C)S(=O)(=O)c1ccccc1OCc1ccccc1. The molecule has 0 saturated carbocycles. The van der Waals surface area contributed by atoms with Crippen LogP contribution in [0.2, 0.25) is 0 Å². The van der Waals surface area contributed by atoms with Crippen molar-refractivity contribution >= 4 is 43.8 Å². The third-order valence-corrected chi connectivity index (χ3v) is 13.1. The number of ether oxygens (including phenoxy) is 3. The second-order valence-electron chi connectivity index (χ2n) is 18.1. The zero-order valence-electron chi connectivity index (χ0n) is 40.1. The Morgan fingerprint density at radius 1 is 0.681 bits per heavy atom. The van der Waals surface area contributed by atoms with Crippen LogP contribution in [0.1, 0.15) is 72.4 Å². The molecule has 18 nitrogen and oxygen atoms in total. The minimum Gasteiger partial charge on any atom is -0.487 e. The van der Waals surface area contributed by atoms with E-state index in [-0.39, 0.29) is 43.0 Å². The van der Waals surface area contributed by atoms with Gasteiger partial charge < -0.3 is 46.1 Å². The second-order valence-corrected chi connectivity index (χ2v) is 21.5. The van der Waals surface area contributed by atoms with E-state index in [4.69, 9.17) is 19.9 Å². The lowest BCUT2D eigenvalue weighted by Crippen LogP contribution is -2.54. The average Bonchev–Trinajstić information content (AvgIpc) is 3.29. The second kappa shape index (κ2) is 25.5. The third-order valence-electron chi connectivity index (χ3n) is 9.92. The normalized spacial score (nSPS) is 14.0. The zero-order chi connectivity index (χ0) is 50.9. The highest BCUT2D eigenvalue weighted by atomic mass is 32.2. The summed E-state index contributed by atoms with van der Waals surface area (Å²) in [5.74, 6) is -2.96. The van der Waals surface area contributed by atoms with Gasteiger partial charge in [0.2, 0.25) is 11.8 Å². The molecule has 0 spiro atoms. The number of carbonyl (C=O) groups is 3. The molecule has 0 aliphatic heterocycles. The standard InChI is InChI=1S/C49H66N6O12S2/c1-33(2)26-38(50)46(58)51-28-37(56)30-55(69(63,64)44-25-17-15-23-42(44)66-32-36-20-12-9-13-21-36)45(40(57)29-52-47(59)39(27-34(3)4)53-48(60)67-49(5,6)7)54-68(61,62)43-24-16-14-22-41(43)65-31-35-18-10-8-11-19-35/h8-25,33-34,37-40,56-57H,26-32,50H2,1-7H3,(H,51,58)(H,52,59)(H,53,60)/t37?,38-,39-,40?/m0/s1. The number of amidine groups is 1. The summed E-state index contributed by atoms with van der Waals surface area (Å²) in [6, 6.07) is 26.5. The number of aliphatic hydroxyl groups excluding tert-OH is 2. The average molecular weight is 995 g/mol. The highest BCUT2D eigenvalue weighted by Crippen LogP contribution is 2.31. The summed E-state index contributed by atoms with van der Waals surface area (Å²) >= 11 is 0. The number of para-hydroxylation sites is 2. The van der Waals surface area contributed by atoms with Crippen molar-refractivity contribution in [3.05, 3.63) is 120 Å². The van der Waals surface area contributed by atoms with Crippen LogP contribution < -0.4 is 31.2 Å². The Hall–Kier alpha value is -6.06. The minimum absolute atomic E-state index is 0.0470. The molecule has 7 N–H and O–H groups in total. The summed E-state index contributed by atoms with van der Waals surface area (Å²) in [5, 5.41) is 31.2. The summed E-state index contributed by atoms with van der Waals surface area (Å²) in [7, 11) is -10.2. The van der Waals surface area contributed by atoms with Crippen molar-refractivity contribution in [3.63, 3.8) is 0 Å². The van der Waals surface area contributed by atoms with E-state index in [9.17, 15) is 33.0 Å². The number of carbonyl (C=O) groups excluding carboxylic acids is 3. The Morgan fingerprint density at radius 3 is 1.68 bits per heavy atom. The molecule has 3 amide bonds. The van der Waals surface area contributed by atoms with Crippen molar-refractivity contribution in [2.45, 2.75) is 114 Å². The number of nitrogens with two attached hydrogens (primary N) is 1. The number of nitrogens with zero attached hydrogens (tertiary/aromatic N) is 2. The maximum absolute atomic E-state index is 15.2. The Morgan fingerprint density at radius 2 is 1.16 bits per heavy atom. The Kier molecular flexibility index (Phi) is 20.5.